The Bertz CT molecular complexity index is 925. The van der Waals surface area contributed by atoms with E-state index in [2.05, 4.69) is 25.1 Å². The van der Waals surface area contributed by atoms with Gasteiger partial charge in [0.2, 0.25) is 5.95 Å². The first-order valence-corrected chi connectivity index (χ1v) is 9.79. The second kappa shape index (κ2) is 8.77. The van der Waals surface area contributed by atoms with Crippen LogP contribution >= 0.6 is 0 Å². The summed E-state index contributed by atoms with van der Waals surface area (Å²) in [7, 11) is 0. The van der Waals surface area contributed by atoms with Gasteiger partial charge in [-0.25, -0.2) is 9.37 Å². The van der Waals surface area contributed by atoms with E-state index < -0.39 is 0 Å². The molecule has 1 fully saturated rings. The summed E-state index contributed by atoms with van der Waals surface area (Å²) in [5.41, 5.74) is 1.96. The van der Waals surface area contributed by atoms with E-state index in [4.69, 9.17) is 4.74 Å². The van der Waals surface area contributed by atoms with Gasteiger partial charge in [0.1, 0.15) is 17.4 Å². The van der Waals surface area contributed by atoms with Crippen LogP contribution in [0.3, 0.4) is 0 Å². The number of anilines is 4. The topological polar surface area (TPSA) is 53.5 Å². The predicted octanol–water partition coefficient (Wildman–Crippen LogP) is 4.08. The number of piperazine rings is 1. The number of nitrogens with zero attached hydrogens (tertiary/aromatic N) is 4. The lowest BCUT2D eigenvalue weighted by Crippen LogP contribution is -2.46. The zero-order chi connectivity index (χ0) is 20.1. The normalized spacial score (nSPS) is 14.0. The van der Waals surface area contributed by atoms with Crippen molar-refractivity contribution in [1.29, 1.82) is 0 Å². The highest BCUT2D eigenvalue weighted by atomic mass is 19.1. The Morgan fingerprint density at radius 2 is 1.62 bits per heavy atom. The van der Waals surface area contributed by atoms with Crippen LogP contribution in [0.5, 0.6) is 5.75 Å². The molecule has 2 heterocycles. The molecule has 0 bridgehead atoms. The quantitative estimate of drug-likeness (QED) is 0.681. The molecule has 0 amide bonds. The summed E-state index contributed by atoms with van der Waals surface area (Å²) < 4.78 is 18.6. The van der Waals surface area contributed by atoms with E-state index in [1.165, 1.54) is 12.1 Å². The van der Waals surface area contributed by atoms with Gasteiger partial charge in [0.05, 0.1) is 6.61 Å². The van der Waals surface area contributed by atoms with Gasteiger partial charge in [-0.05, 0) is 61.5 Å². The average molecular weight is 393 g/mol. The van der Waals surface area contributed by atoms with Gasteiger partial charge < -0.3 is 19.9 Å². The molecule has 0 radical (unpaired) electrons. The van der Waals surface area contributed by atoms with Crippen LogP contribution in [0, 0.1) is 5.82 Å². The van der Waals surface area contributed by atoms with Crippen LogP contribution < -0.4 is 19.9 Å². The van der Waals surface area contributed by atoms with E-state index in [1.807, 2.05) is 49.4 Å². The standard InChI is InChI=1S/C22H24FN5O/c1-2-29-20-9-5-18(6-10-20)25-22-24-12-11-21(26-22)28-15-13-27(14-16-28)19-7-3-17(23)4-8-19/h3-12H,2,13-16H2,1H3,(H,24,25,26). The third kappa shape index (κ3) is 4.74. The molecule has 150 valence electrons. The van der Waals surface area contributed by atoms with Crippen LogP contribution in [-0.2, 0) is 0 Å². The van der Waals surface area contributed by atoms with Crippen LogP contribution in [-0.4, -0.2) is 42.8 Å². The lowest BCUT2D eigenvalue weighted by Gasteiger charge is -2.36. The summed E-state index contributed by atoms with van der Waals surface area (Å²) in [4.78, 5) is 13.5. The minimum atomic E-state index is -0.207. The van der Waals surface area contributed by atoms with Crippen molar-refractivity contribution >= 4 is 23.1 Å². The Hall–Kier alpha value is -3.35. The van der Waals surface area contributed by atoms with Gasteiger partial charge in [-0.1, -0.05) is 0 Å². The van der Waals surface area contributed by atoms with Crippen molar-refractivity contribution < 1.29 is 9.13 Å². The van der Waals surface area contributed by atoms with Gasteiger partial charge >= 0.3 is 0 Å². The molecule has 1 saturated heterocycles. The van der Waals surface area contributed by atoms with E-state index >= 15 is 0 Å². The molecule has 1 N–H and O–H groups in total. The second-order valence-electron chi connectivity index (χ2n) is 6.77. The van der Waals surface area contributed by atoms with E-state index in [9.17, 15) is 4.39 Å². The Balaban J connectivity index is 1.38. The number of hydrogen-bond donors (Lipinski definition) is 1. The van der Waals surface area contributed by atoms with E-state index in [-0.39, 0.29) is 5.82 Å². The number of halogens is 1. The molecule has 1 aliphatic rings. The molecule has 1 aliphatic heterocycles. The van der Waals surface area contributed by atoms with Crippen molar-refractivity contribution in [2.75, 3.05) is 47.9 Å². The summed E-state index contributed by atoms with van der Waals surface area (Å²) in [6, 6.07) is 16.3. The number of ether oxygens (including phenoxy) is 1. The number of benzene rings is 2. The first-order chi connectivity index (χ1) is 14.2. The van der Waals surface area contributed by atoms with Gasteiger partial charge in [-0.3, -0.25) is 0 Å². The van der Waals surface area contributed by atoms with Crippen molar-refractivity contribution in [2.45, 2.75) is 6.92 Å². The van der Waals surface area contributed by atoms with Crippen LogP contribution in [0.4, 0.5) is 27.5 Å². The number of hydrogen-bond acceptors (Lipinski definition) is 6. The highest BCUT2D eigenvalue weighted by molar-refractivity contribution is 5.56. The number of aromatic nitrogens is 2. The van der Waals surface area contributed by atoms with Crippen molar-refractivity contribution in [3.8, 4) is 5.75 Å². The summed E-state index contributed by atoms with van der Waals surface area (Å²) in [6.45, 7) is 6.01. The second-order valence-corrected chi connectivity index (χ2v) is 6.77. The highest BCUT2D eigenvalue weighted by Gasteiger charge is 2.19. The molecule has 2 aromatic carbocycles. The van der Waals surface area contributed by atoms with Crippen molar-refractivity contribution in [3.63, 3.8) is 0 Å². The summed E-state index contributed by atoms with van der Waals surface area (Å²) >= 11 is 0. The van der Waals surface area contributed by atoms with Gasteiger partial charge in [-0.2, -0.15) is 4.98 Å². The molecule has 29 heavy (non-hydrogen) atoms. The van der Waals surface area contributed by atoms with Crippen molar-refractivity contribution in [1.82, 2.24) is 9.97 Å². The van der Waals surface area contributed by atoms with Crippen molar-refractivity contribution in [3.05, 3.63) is 66.6 Å². The fraction of sp³-hybridized carbons (Fsp3) is 0.273. The van der Waals surface area contributed by atoms with Crippen molar-refractivity contribution in [2.24, 2.45) is 0 Å². The molecule has 7 heteroatoms. The fourth-order valence-electron chi connectivity index (χ4n) is 3.36. The zero-order valence-corrected chi connectivity index (χ0v) is 16.4. The van der Waals surface area contributed by atoms with Gasteiger partial charge in [-0.15, -0.1) is 0 Å². The molecule has 0 aliphatic carbocycles. The van der Waals surface area contributed by atoms with E-state index in [0.717, 1.165) is 49.1 Å². The minimum absolute atomic E-state index is 0.207. The Morgan fingerprint density at radius 1 is 0.931 bits per heavy atom. The molecular weight excluding hydrogens is 369 g/mol. The third-order valence-electron chi connectivity index (χ3n) is 4.86. The molecule has 1 aromatic heterocycles. The monoisotopic (exact) mass is 393 g/mol. The average Bonchev–Trinajstić information content (AvgIpc) is 2.76. The van der Waals surface area contributed by atoms with E-state index in [0.29, 0.717) is 12.6 Å². The van der Waals surface area contributed by atoms with Crippen LogP contribution in [0.2, 0.25) is 0 Å². The maximum atomic E-state index is 13.1. The first-order valence-electron chi connectivity index (χ1n) is 9.79. The van der Waals surface area contributed by atoms with Crippen LogP contribution in [0.25, 0.3) is 0 Å². The molecule has 4 rings (SSSR count). The lowest BCUT2D eigenvalue weighted by molar-refractivity contribution is 0.340. The molecule has 6 nitrogen and oxygen atoms in total. The Labute approximate surface area is 170 Å². The lowest BCUT2D eigenvalue weighted by atomic mass is 10.2. The van der Waals surface area contributed by atoms with Gasteiger partial charge in [0.15, 0.2) is 0 Å². The molecular formula is C22H24FN5O. The summed E-state index contributed by atoms with van der Waals surface area (Å²) in [5.74, 6) is 2.09. The third-order valence-corrected chi connectivity index (χ3v) is 4.86. The highest BCUT2D eigenvalue weighted by Crippen LogP contribution is 2.22. The molecule has 0 atom stereocenters. The predicted molar refractivity (Wildman–Crippen MR) is 114 cm³/mol. The van der Waals surface area contributed by atoms with Gasteiger partial charge in [0, 0.05) is 43.8 Å². The molecule has 3 aromatic rings. The zero-order valence-electron chi connectivity index (χ0n) is 16.4. The maximum Gasteiger partial charge on any atom is 0.229 e. The smallest absolute Gasteiger partial charge is 0.229 e. The molecule has 0 saturated carbocycles. The van der Waals surface area contributed by atoms with Crippen LogP contribution in [0.15, 0.2) is 60.8 Å². The SMILES string of the molecule is CCOc1ccc(Nc2nccc(N3CCN(c4ccc(F)cc4)CC3)n2)cc1. The minimum Gasteiger partial charge on any atom is -0.494 e. The largest absolute Gasteiger partial charge is 0.494 e. The van der Waals surface area contributed by atoms with E-state index in [1.54, 1.807) is 6.20 Å². The fourth-order valence-corrected chi connectivity index (χ4v) is 3.36. The molecule has 0 unspecified atom stereocenters. The van der Waals surface area contributed by atoms with Gasteiger partial charge in [0.25, 0.3) is 0 Å². The summed E-state index contributed by atoms with van der Waals surface area (Å²) in [6.07, 6.45) is 1.77. The van der Waals surface area contributed by atoms with Crippen LogP contribution in [0.1, 0.15) is 6.92 Å². The first kappa shape index (κ1) is 19.0. The number of rotatable bonds is 6. The Morgan fingerprint density at radius 3 is 2.31 bits per heavy atom. The maximum absolute atomic E-state index is 13.1. The molecule has 0 spiro atoms. The number of nitrogens with one attached hydrogen (secondary N) is 1. The Kier molecular flexibility index (Phi) is 5.74. The summed E-state index contributed by atoms with van der Waals surface area (Å²) in [5, 5.41) is 3.24.